The number of aromatic carboxylic acids is 1. The number of carbonyl (C=O) groups excluding carboxylic acids is 1. The molecule has 0 radical (unpaired) electrons. The van der Waals surface area contributed by atoms with Crippen LogP contribution >= 0.6 is 22.9 Å². The maximum atomic E-state index is 12.1. The van der Waals surface area contributed by atoms with Crippen LogP contribution in [-0.4, -0.2) is 34.4 Å². The molecule has 9 heteroatoms. The smallest absolute Gasteiger partial charge is 0.339 e. The molecule has 2 N–H and O–H groups in total. The van der Waals surface area contributed by atoms with E-state index in [1.54, 1.807) is 41.8 Å². The Hall–Kier alpha value is -3.10. The summed E-state index contributed by atoms with van der Waals surface area (Å²) in [4.78, 5) is 25.3. The maximum Gasteiger partial charge on any atom is 0.339 e. The van der Waals surface area contributed by atoms with Crippen LogP contribution in [0.25, 0.3) is 5.00 Å². The lowest BCUT2D eigenvalue weighted by atomic mass is 9.95. The highest BCUT2D eigenvalue weighted by Crippen LogP contribution is 2.38. The zero-order valence-corrected chi connectivity index (χ0v) is 19.9. The Balaban J connectivity index is 1.50. The standard InChI is InChI=1S/C24H24ClN3O4S/c1-14-11-16(12-26-27-21(29)13-32-19-9-5-4-8-18(19)25)15(2)28(14)23-22(24(30)31)17-7-3-6-10-20(17)33-23/h4-5,8-9,11-12H,3,6-7,10,13H2,1-2H3,(H,27,29)(H,30,31). The van der Waals surface area contributed by atoms with Gasteiger partial charge < -0.3 is 14.4 Å². The van der Waals surface area contributed by atoms with Crippen molar-refractivity contribution in [1.82, 2.24) is 9.99 Å². The van der Waals surface area contributed by atoms with Gasteiger partial charge in [0.1, 0.15) is 10.8 Å². The third-order valence-electron chi connectivity index (χ3n) is 5.63. The Morgan fingerprint density at radius 1 is 1.27 bits per heavy atom. The highest BCUT2D eigenvalue weighted by molar-refractivity contribution is 7.15. The van der Waals surface area contributed by atoms with E-state index in [-0.39, 0.29) is 6.61 Å². The van der Waals surface area contributed by atoms with Crippen LogP contribution < -0.4 is 10.2 Å². The van der Waals surface area contributed by atoms with E-state index < -0.39 is 11.9 Å². The van der Waals surface area contributed by atoms with Crippen LogP contribution in [0.3, 0.4) is 0 Å². The summed E-state index contributed by atoms with van der Waals surface area (Å²) in [6, 6.07) is 8.84. The Morgan fingerprint density at radius 3 is 2.79 bits per heavy atom. The average Bonchev–Trinajstić information content (AvgIpc) is 3.29. The Labute approximate surface area is 200 Å². The Bertz CT molecular complexity index is 1240. The number of amides is 1. The molecule has 172 valence electrons. The zero-order chi connectivity index (χ0) is 23.5. The van der Waals surface area contributed by atoms with Crippen LogP contribution in [0.15, 0.2) is 35.4 Å². The fourth-order valence-corrected chi connectivity index (χ4v) is 5.75. The quantitative estimate of drug-likeness (QED) is 0.367. The van der Waals surface area contributed by atoms with Crippen molar-refractivity contribution in [3.05, 3.63) is 68.3 Å². The molecule has 0 unspecified atom stereocenters. The SMILES string of the molecule is Cc1cc(C=NNC(=O)COc2ccccc2Cl)c(C)n1-c1sc2c(c1C(=O)O)CCCC2. The molecule has 0 aliphatic heterocycles. The monoisotopic (exact) mass is 485 g/mol. The molecule has 0 spiro atoms. The molecule has 1 amide bonds. The number of aryl methyl sites for hydroxylation is 2. The molecule has 2 heterocycles. The van der Waals surface area contributed by atoms with Gasteiger partial charge in [0.05, 0.1) is 16.8 Å². The lowest BCUT2D eigenvalue weighted by Gasteiger charge is -2.11. The molecule has 2 aromatic heterocycles. The molecular weight excluding hydrogens is 462 g/mol. The molecule has 33 heavy (non-hydrogen) atoms. The van der Waals surface area contributed by atoms with Gasteiger partial charge in [-0.25, -0.2) is 10.2 Å². The molecule has 0 bridgehead atoms. The second kappa shape index (κ2) is 9.80. The number of fused-ring (bicyclic) bond motifs is 1. The number of hydrazone groups is 1. The van der Waals surface area contributed by atoms with E-state index >= 15 is 0 Å². The van der Waals surface area contributed by atoms with Gasteiger partial charge in [-0.3, -0.25) is 4.79 Å². The first-order chi connectivity index (χ1) is 15.9. The second-order valence-electron chi connectivity index (χ2n) is 7.87. The normalized spacial score (nSPS) is 13.2. The van der Waals surface area contributed by atoms with Crippen LogP contribution in [0.1, 0.15) is 50.6 Å². The summed E-state index contributed by atoms with van der Waals surface area (Å²) in [6.45, 7) is 3.63. The number of thiophene rings is 1. The molecule has 0 saturated heterocycles. The molecule has 0 saturated carbocycles. The molecule has 3 aromatic rings. The van der Waals surface area contributed by atoms with E-state index in [2.05, 4.69) is 10.5 Å². The van der Waals surface area contributed by atoms with Crippen molar-refractivity contribution in [3.63, 3.8) is 0 Å². The number of hydrogen-bond donors (Lipinski definition) is 2. The van der Waals surface area contributed by atoms with Gasteiger partial charge in [-0.2, -0.15) is 5.10 Å². The highest BCUT2D eigenvalue weighted by atomic mass is 35.5. The summed E-state index contributed by atoms with van der Waals surface area (Å²) < 4.78 is 7.37. The molecule has 1 aromatic carbocycles. The van der Waals surface area contributed by atoms with Gasteiger partial charge >= 0.3 is 5.97 Å². The number of nitrogens with zero attached hydrogens (tertiary/aromatic N) is 2. The number of nitrogens with one attached hydrogen (secondary N) is 1. The van der Waals surface area contributed by atoms with Gasteiger partial charge in [0.2, 0.25) is 0 Å². The number of carboxylic acids is 1. The van der Waals surface area contributed by atoms with E-state index in [4.69, 9.17) is 16.3 Å². The van der Waals surface area contributed by atoms with Gasteiger partial charge in [0.15, 0.2) is 6.61 Å². The number of halogens is 1. The summed E-state index contributed by atoms with van der Waals surface area (Å²) >= 11 is 7.58. The first-order valence-corrected chi connectivity index (χ1v) is 11.8. The Kier molecular flexibility index (Phi) is 6.85. The molecule has 0 atom stereocenters. The fourth-order valence-electron chi connectivity index (χ4n) is 4.07. The zero-order valence-electron chi connectivity index (χ0n) is 18.4. The van der Waals surface area contributed by atoms with Crippen LogP contribution in [0.4, 0.5) is 0 Å². The molecule has 1 aliphatic rings. The predicted molar refractivity (Wildman–Crippen MR) is 129 cm³/mol. The second-order valence-corrected chi connectivity index (χ2v) is 9.36. The van der Waals surface area contributed by atoms with Crippen molar-refractivity contribution < 1.29 is 19.4 Å². The minimum atomic E-state index is -0.891. The number of carboxylic acid groups (broad SMARTS) is 1. The van der Waals surface area contributed by atoms with Crippen molar-refractivity contribution in [2.45, 2.75) is 39.5 Å². The van der Waals surface area contributed by atoms with Crippen molar-refractivity contribution in [1.29, 1.82) is 0 Å². The first kappa shape index (κ1) is 23.1. The summed E-state index contributed by atoms with van der Waals surface area (Å²) in [5.74, 6) is -0.883. The third-order valence-corrected chi connectivity index (χ3v) is 7.22. The summed E-state index contributed by atoms with van der Waals surface area (Å²) in [7, 11) is 0. The number of benzene rings is 1. The molecule has 0 fully saturated rings. The van der Waals surface area contributed by atoms with E-state index in [1.807, 2.05) is 24.5 Å². The highest BCUT2D eigenvalue weighted by Gasteiger charge is 2.27. The van der Waals surface area contributed by atoms with E-state index in [0.29, 0.717) is 16.3 Å². The van der Waals surface area contributed by atoms with Gasteiger partial charge in [-0.05, 0) is 63.3 Å². The first-order valence-electron chi connectivity index (χ1n) is 10.6. The summed E-state index contributed by atoms with van der Waals surface area (Å²) in [5.41, 5.74) is 6.39. The number of rotatable bonds is 7. The molecule has 4 rings (SSSR count). The van der Waals surface area contributed by atoms with Crippen molar-refractivity contribution >= 4 is 41.0 Å². The summed E-state index contributed by atoms with van der Waals surface area (Å²) in [6.07, 6.45) is 5.40. The molecule has 7 nitrogen and oxygen atoms in total. The average molecular weight is 486 g/mol. The van der Waals surface area contributed by atoms with E-state index in [0.717, 1.165) is 53.2 Å². The number of hydrogen-bond acceptors (Lipinski definition) is 5. The number of para-hydroxylation sites is 1. The Morgan fingerprint density at radius 2 is 2.03 bits per heavy atom. The predicted octanol–water partition coefficient (Wildman–Crippen LogP) is 4.92. The summed E-state index contributed by atoms with van der Waals surface area (Å²) in [5, 5.41) is 15.1. The number of carbonyl (C=O) groups is 2. The van der Waals surface area contributed by atoms with Crippen molar-refractivity contribution in [3.8, 4) is 10.8 Å². The minimum absolute atomic E-state index is 0.219. The van der Waals surface area contributed by atoms with Crippen molar-refractivity contribution in [2.24, 2.45) is 5.10 Å². The number of ether oxygens (including phenoxy) is 1. The van der Waals surface area contributed by atoms with Crippen molar-refractivity contribution in [2.75, 3.05) is 6.61 Å². The number of aromatic nitrogens is 1. The molecular formula is C24H24ClN3O4S. The molecule has 1 aliphatic carbocycles. The van der Waals surface area contributed by atoms with E-state index in [1.165, 1.54) is 4.88 Å². The van der Waals surface area contributed by atoms with Gasteiger partial charge in [-0.15, -0.1) is 11.3 Å². The van der Waals surface area contributed by atoms with Crippen LogP contribution in [-0.2, 0) is 17.6 Å². The third kappa shape index (κ3) is 4.82. The van der Waals surface area contributed by atoms with Crippen LogP contribution in [0.5, 0.6) is 5.75 Å². The van der Waals surface area contributed by atoms with Crippen LogP contribution in [0.2, 0.25) is 5.02 Å². The van der Waals surface area contributed by atoms with Crippen LogP contribution in [0, 0.1) is 13.8 Å². The topological polar surface area (TPSA) is 92.9 Å². The largest absolute Gasteiger partial charge is 0.482 e. The van der Waals surface area contributed by atoms with Gasteiger partial charge in [0, 0.05) is 21.8 Å². The maximum absolute atomic E-state index is 12.1. The minimum Gasteiger partial charge on any atom is -0.482 e. The lowest BCUT2D eigenvalue weighted by molar-refractivity contribution is -0.123. The lowest BCUT2D eigenvalue weighted by Crippen LogP contribution is -2.24. The van der Waals surface area contributed by atoms with Gasteiger partial charge in [-0.1, -0.05) is 23.7 Å². The van der Waals surface area contributed by atoms with Gasteiger partial charge in [0.25, 0.3) is 5.91 Å². The van der Waals surface area contributed by atoms with E-state index in [9.17, 15) is 14.7 Å². The fraction of sp³-hybridized carbons (Fsp3) is 0.292.